The summed E-state index contributed by atoms with van der Waals surface area (Å²) in [6.07, 6.45) is 5.15. The molecule has 3 rings (SSSR count). The molecular formula is C16H13Cl2FN2O3. The van der Waals surface area contributed by atoms with Crippen molar-refractivity contribution in [3.05, 3.63) is 38.5 Å². The van der Waals surface area contributed by atoms with Gasteiger partial charge >= 0.3 is 0 Å². The fourth-order valence-corrected chi connectivity index (χ4v) is 3.15. The van der Waals surface area contributed by atoms with Gasteiger partial charge in [-0.25, -0.2) is 9.07 Å². The summed E-state index contributed by atoms with van der Waals surface area (Å²) in [4.78, 5) is 12.7. The summed E-state index contributed by atoms with van der Waals surface area (Å²) >= 11 is 12.3. The Bertz CT molecular complexity index is 883. The van der Waals surface area contributed by atoms with Crippen LogP contribution in [0.4, 0.5) is 4.39 Å². The lowest BCUT2D eigenvalue weighted by atomic mass is 10.1. The lowest BCUT2D eigenvalue weighted by Crippen LogP contribution is -2.23. The van der Waals surface area contributed by atoms with Crippen LogP contribution >= 0.6 is 23.2 Å². The Hall–Kier alpha value is -1.94. The lowest BCUT2D eigenvalue weighted by molar-refractivity contribution is 0.137. The van der Waals surface area contributed by atoms with Gasteiger partial charge in [-0.15, -0.1) is 6.42 Å². The standard InChI is InChI=1S/C16H13Cl2FN2O3/c1-2-5-24-13-8-10(12(19)9-11(13)17)14-15(18)20-3-6-23-7-4-21(20)16(14)22/h1,8-9H,3-7H2. The van der Waals surface area contributed by atoms with Crippen LogP contribution in [0.15, 0.2) is 16.9 Å². The van der Waals surface area contributed by atoms with Crippen molar-refractivity contribution in [3.63, 3.8) is 0 Å². The van der Waals surface area contributed by atoms with Crippen molar-refractivity contribution in [1.82, 2.24) is 9.36 Å². The quantitative estimate of drug-likeness (QED) is 0.780. The van der Waals surface area contributed by atoms with Crippen LogP contribution in [0, 0.1) is 18.2 Å². The molecule has 126 valence electrons. The normalized spacial score (nSPS) is 13.9. The molecule has 0 aliphatic carbocycles. The van der Waals surface area contributed by atoms with E-state index in [2.05, 4.69) is 5.92 Å². The molecule has 8 heteroatoms. The maximum atomic E-state index is 14.4. The third-order valence-electron chi connectivity index (χ3n) is 3.67. The zero-order valence-corrected chi connectivity index (χ0v) is 14.0. The highest BCUT2D eigenvalue weighted by Gasteiger charge is 2.24. The molecule has 5 nitrogen and oxygen atoms in total. The van der Waals surface area contributed by atoms with Gasteiger partial charge in [0.15, 0.2) is 0 Å². The van der Waals surface area contributed by atoms with Crippen LogP contribution in [-0.2, 0) is 17.8 Å². The van der Waals surface area contributed by atoms with Gasteiger partial charge in [-0.05, 0) is 12.1 Å². The minimum absolute atomic E-state index is 0.0235. The highest BCUT2D eigenvalue weighted by molar-refractivity contribution is 6.33. The van der Waals surface area contributed by atoms with E-state index in [0.29, 0.717) is 26.3 Å². The van der Waals surface area contributed by atoms with Gasteiger partial charge in [0.05, 0.1) is 36.9 Å². The van der Waals surface area contributed by atoms with Crippen LogP contribution in [0.1, 0.15) is 0 Å². The summed E-state index contributed by atoms with van der Waals surface area (Å²) in [6, 6.07) is 2.42. The predicted octanol–water partition coefficient (Wildman–Crippen LogP) is 2.80. The number of fused-ring (bicyclic) bond motifs is 1. The molecule has 0 fully saturated rings. The van der Waals surface area contributed by atoms with Gasteiger partial charge in [-0.1, -0.05) is 29.1 Å². The highest BCUT2D eigenvalue weighted by atomic mass is 35.5. The molecule has 0 saturated heterocycles. The lowest BCUT2D eigenvalue weighted by Gasteiger charge is -2.09. The summed E-state index contributed by atoms with van der Waals surface area (Å²) in [5.41, 5.74) is -0.302. The van der Waals surface area contributed by atoms with Crippen LogP contribution in [-0.4, -0.2) is 29.2 Å². The van der Waals surface area contributed by atoms with Gasteiger partial charge in [0, 0.05) is 5.56 Å². The van der Waals surface area contributed by atoms with Gasteiger partial charge in [0.2, 0.25) is 0 Å². The average molecular weight is 371 g/mol. The Morgan fingerprint density at radius 2 is 2.00 bits per heavy atom. The second-order valence-electron chi connectivity index (χ2n) is 5.08. The van der Waals surface area contributed by atoms with Gasteiger partial charge in [0.1, 0.15) is 23.3 Å². The molecule has 0 radical (unpaired) electrons. The van der Waals surface area contributed by atoms with Crippen molar-refractivity contribution in [1.29, 1.82) is 0 Å². The number of benzene rings is 1. The van der Waals surface area contributed by atoms with E-state index in [1.165, 1.54) is 10.7 Å². The predicted molar refractivity (Wildman–Crippen MR) is 89.3 cm³/mol. The van der Waals surface area contributed by atoms with Crippen LogP contribution in [0.2, 0.25) is 10.2 Å². The van der Waals surface area contributed by atoms with E-state index in [9.17, 15) is 9.18 Å². The van der Waals surface area contributed by atoms with E-state index in [-0.39, 0.29) is 33.7 Å². The summed E-state index contributed by atoms with van der Waals surface area (Å²) in [5.74, 6) is 1.83. The topological polar surface area (TPSA) is 45.4 Å². The molecule has 0 spiro atoms. The monoisotopic (exact) mass is 370 g/mol. The molecule has 24 heavy (non-hydrogen) atoms. The Morgan fingerprint density at radius 1 is 1.29 bits per heavy atom. The first-order valence-corrected chi connectivity index (χ1v) is 7.92. The first-order chi connectivity index (χ1) is 11.5. The number of nitrogens with zero attached hydrogens (tertiary/aromatic N) is 2. The Kier molecular flexibility index (Phi) is 4.86. The van der Waals surface area contributed by atoms with E-state index in [1.54, 1.807) is 4.68 Å². The fraction of sp³-hybridized carbons (Fsp3) is 0.312. The molecule has 0 amide bonds. The zero-order chi connectivity index (χ0) is 17.3. The molecule has 1 aliphatic heterocycles. The highest BCUT2D eigenvalue weighted by Crippen LogP contribution is 2.35. The van der Waals surface area contributed by atoms with E-state index >= 15 is 0 Å². The third-order valence-corrected chi connectivity index (χ3v) is 4.35. The van der Waals surface area contributed by atoms with Crippen LogP contribution in [0.3, 0.4) is 0 Å². The van der Waals surface area contributed by atoms with Gasteiger partial charge < -0.3 is 9.47 Å². The first kappa shape index (κ1) is 16.9. The number of aromatic nitrogens is 2. The molecule has 1 aliphatic rings. The summed E-state index contributed by atoms with van der Waals surface area (Å²) in [5, 5.41) is 0.214. The number of terminal acetylenes is 1. The summed E-state index contributed by atoms with van der Waals surface area (Å²) in [7, 11) is 0. The Balaban J connectivity index is 2.16. The molecular weight excluding hydrogens is 358 g/mol. The van der Waals surface area contributed by atoms with Crippen molar-refractivity contribution < 1.29 is 13.9 Å². The van der Waals surface area contributed by atoms with Crippen molar-refractivity contribution in [2.75, 3.05) is 19.8 Å². The molecule has 1 aromatic carbocycles. The third kappa shape index (κ3) is 2.91. The van der Waals surface area contributed by atoms with Crippen molar-refractivity contribution in [3.8, 4) is 29.2 Å². The van der Waals surface area contributed by atoms with Crippen molar-refractivity contribution >= 4 is 23.2 Å². The molecule has 0 N–H and O–H groups in total. The first-order valence-electron chi connectivity index (χ1n) is 7.17. The molecule has 0 saturated carbocycles. The fourth-order valence-electron chi connectivity index (χ4n) is 2.58. The number of halogens is 3. The minimum Gasteiger partial charge on any atom is -0.479 e. The van der Waals surface area contributed by atoms with Gasteiger partial charge in [0.25, 0.3) is 5.56 Å². The molecule has 2 heterocycles. The average Bonchev–Trinajstić information content (AvgIpc) is 2.74. The SMILES string of the molecule is C#CCOc1cc(-c2c(Cl)n3n(c2=O)CCOCC3)c(F)cc1Cl. The smallest absolute Gasteiger partial charge is 0.276 e. The second-order valence-corrected chi connectivity index (χ2v) is 5.85. The van der Waals surface area contributed by atoms with Crippen LogP contribution < -0.4 is 10.3 Å². The molecule has 1 aromatic heterocycles. The van der Waals surface area contributed by atoms with Gasteiger partial charge in [-0.3, -0.25) is 9.48 Å². The second kappa shape index (κ2) is 6.89. The van der Waals surface area contributed by atoms with E-state index < -0.39 is 11.4 Å². The maximum absolute atomic E-state index is 14.4. The summed E-state index contributed by atoms with van der Waals surface area (Å²) < 4.78 is 28.1. The number of ether oxygens (including phenoxy) is 2. The van der Waals surface area contributed by atoms with Crippen molar-refractivity contribution in [2.45, 2.75) is 13.1 Å². The van der Waals surface area contributed by atoms with E-state index in [1.807, 2.05) is 0 Å². The van der Waals surface area contributed by atoms with Crippen LogP contribution in [0.25, 0.3) is 11.1 Å². The Labute approximate surface area is 147 Å². The van der Waals surface area contributed by atoms with E-state index in [0.717, 1.165) is 6.07 Å². The molecule has 0 unspecified atom stereocenters. The molecule has 2 aromatic rings. The number of hydrogen-bond donors (Lipinski definition) is 0. The Morgan fingerprint density at radius 3 is 2.71 bits per heavy atom. The van der Waals surface area contributed by atoms with Crippen LogP contribution in [0.5, 0.6) is 5.75 Å². The zero-order valence-electron chi connectivity index (χ0n) is 12.5. The summed E-state index contributed by atoms with van der Waals surface area (Å²) in [6.45, 7) is 1.53. The van der Waals surface area contributed by atoms with Gasteiger partial charge in [-0.2, -0.15) is 0 Å². The molecule has 0 bridgehead atoms. The molecule has 0 atom stereocenters. The number of rotatable bonds is 3. The van der Waals surface area contributed by atoms with E-state index in [4.69, 9.17) is 39.1 Å². The van der Waals surface area contributed by atoms with Crippen molar-refractivity contribution in [2.24, 2.45) is 0 Å². The number of hydrogen-bond acceptors (Lipinski definition) is 3. The maximum Gasteiger partial charge on any atom is 0.276 e. The largest absolute Gasteiger partial charge is 0.479 e. The minimum atomic E-state index is -0.662.